The lowest BCUT2D eigenvalue weighted by Gasteiger charge is -2.30. The topological polar surface area (TPSA) is 12.5 Å². The van der Waals surface area contributed by atoms with Gasteiger partial charge in [-0.2, -0.15) is 0 Å². The van der Waals surface area contributed by atoms with E-state index in [4.69, 9.17) is 17.0 Å². The summed E-state index contributed by atoms with van der Waals surface area (Å²) in [6.45, 7) is 2.30. The van der Waals surface area contributed by atoms with Gasteiger partial charge in [0.05, 0.1) is 5.56 Å². The van der Waals surface area contributed by atoms with Crippen LogP contribution in [0, 0.1) is 5.82 Å². The highest BCUT2D eigenvalue weighted by Gasteiger charge is 2.18. The van der Waals surface area contributed by atoms with Crippen LogP contribution in [0.4, 0.5) is 4.39 Å². The zero-order valence-electron chi connectivity index (χ0n) is 13.3. The molecule has 126 valence electrons. The Kier molecular flexibility index (Phi) is 5.85. The van der Waals surface area contributed by atoms with Gasteiger partial charge in [-0.25, -0.2) is 4.39 Å². The van der Waals surface area contributed by atoms with E-state index in [2.05, 4.69) is 20.8 Å². The van der Waals surface area contributed by atoms with Crippen LogP contribution in [-0.4, -0.2) is 23.0 Å². The zero-order valence-corrected chi connectivity index (χ0v) is 15.7. The molecule has 1 saturated heterocycles. The molecule has 0 bridgehead atoms. The average Bonchev–Trinajstić information content (AvgIpc) is 2.61. The Morgan fingerprint density at radius 2 is 1.92 bits per heavy atom. The molecule has 2 aromatic rings. The van der Waals surface area contributed by atoms with Crippen molar-refractivity contribution in [1.82, 2.24) is 4.90 Å². The van der Waals surface area contributed by atoms with Crippen molar-refractivity contribution in [3.63, 3.8) is 0 Å². The average molecular weight is 408 g/mol. The molecule has 0 aliphatic carbocycles. The van der Waals surface area contributed by atoms with Gasteiger partial charge in [0.15, 0.2) is 0 Å². The normalized spacial score (nSPS) is 14.5. The van der Waals surface area contributed by atoms with Gasteiger partial charge in [0, 0.05) is 17.6 Å². The predicted octanol–water partition coefficient (Wildman–Crippen LogP) is 5.33. The number of nitrogens with zero attached hydrogens (tertiary/aromatic N) is 1. The van der Waals surface area contributed by atoms with E-state index in [1.54, 1.807) is 6.07 Å². The molecule has 2 nitrogen and oxygen atoms in total. The van der Waals surface area contributed by atoms with Gasteiger partial charge in [0.2, 0.25) is 0 Å². The number of thiocarbonyl (C=S) groups is 1. The Hall–Kier alpha value is -1.46. The molecule has 3 rings (SSSR count). The largest absolute Gasteiger partial charge is 0.488 e. The van der Waals surface area contributed by atoms with E-state index in [1.165, 1.54) is 31.4 Å². The monoisotopic (exact) mass is 407 g/mol. The maximum Gasteiger partial charge on any atom is 0.130 e. The second-order valence-electron chi connectivity index (χ2n) is 5.91. The minimum Gasteiger partial charge on any atom is -0.488 e. The molecule has 0 N–H and O–H groups in total. The molecule has 1 aliphatic rings. The Morgan fingerprint density at radius 3 is 2.67 bits per heavy atom. The number of ether oxygens (including phenoxy) is 1. The summed E-state index contributed by atoms with van der Waals surface area (Å²) in [5, 5.41) is 0. The smallest absolute Gasteiger partial charge is 0.130 e. The lowest BCUT2D eigenvalue weighted by molar-refractivity contribution is 0.302. The van der Waals surface area contributed by atoms with Crippen molar-refractivity contribution >= 4 is 33.1 Å². The van der Waals surface area contributed by atoms with Crippen LogP contribution in [0.5, 0.6) is 5.75 Å². The minimum absolute atomic E-state index is 0.254. The second kappa shape index (κ2) is 8.08. The lowest BCUT2D eigenvalue weighted by atomic mass is 10.1. The van der Waals surface area contributed by atoms with Gasteiger partial charge in [0.25, 0.3) is 0 Å². The maximum atomic E-state index is 13.3. The Bertz CT molecular complexity index is 731. The third kappa shape index (κ3) is 4.33. The molecule has 0 amide bonds. The number of hydrogen-bond acceptors (Lipinski definition) is 2. The van der Waals surface area contributed by atoms with Crippen molar-refractivity contribution in [2.75, 3.05) is 13.1 Å². The first-order valence-electron chi connectivity index (χ1n) is 8.09. The first kappa shape index (κ1) is 17.4. The molecule has 2 aromatic carbocycles. The van der Waals surface area contributed by atoms with Crippen LogP contribution in [-0.2, 0) is 6.61 Å². The molecule has 1 aliphatic heterocycles. The van der Waals surface area contributed by atoms with E-state index in [0.717, 1.165) is 39.4 Å². The molecule has 0 spiro atoms. The molecular weight excluding hydrogens is 389 g/mol. The molecule has 1 heterocycles. The highest BCUT2D eigenvalue weighted by molar-refractivity contribution is 9.10. The number of rotatable bonds is 4. The fourth-order valence-electron chi connectivity index (χ4n) is 2.85. The maximum absolute atomic E-state index is 13.3. The summed E-state index contributed by atoms with van der Waals surface area (Å²) in [4.78, 5) is 3.07. The number of hydrogen-bond donors (Lipinski definition) is 0. The van der Waals surface area contributed by atoms with E-state index < -0.39 is 0 Å². The fourth-order valence-corrected chi connectivity index (χ4v) is 3.55. The quantitative estimate of drug-likeness (QED) is 0.635. The number of likely N-dealkylation sites (tertiary alicyclic amines) is 1. The fraction of sp³-hybridized carbons (Fsp3) is 0.316. The number of piperidine rings is 1. The van der Waals surface area contributed by atoms with Crippen LogP contribution in [0.3, 0.4) is 0 Å². The Morgan fingerprint density at radius 1 is 1.12 bits per heavy atom. The summed E-state index contributed by atoms with van der Waals surface area (Å²) in [7, 11) is 0. The standard InChI is InChI=1S/C19H19BrFNOS/c20-15-7-8-18(23-13-14-5-4-6-16(21)11-14)17(12-15)19(24)22-9-2-1-3-10-22/h4-8,11-12H,1-3,9-10,13H2. The van der Waals surface area contributed by atoms with Crippen molar-refractivity contribution in [3.05, 3.63) is 63.9 Å². The molecular formula is C19H19BrFNOS. The predicted molar refractivity (Wildman–Crippen MR) is 102 cm³/mol. The van der Waals surface area contributed by atoms with Gasteiger partial charge in [-0.1, -0.05) is 40.3 Å². The highest BCUT2D eigenvalue weighted by Crippen LogP contribution is 2.27. The first-order chi connectivity index (χ1) is 11.6. The summed E-state index contributed by atoms with van der Waals surface area (Å²) in [6.07, 6.45) is 3.61. The van der Waals surface area contributed by atoms with Crippen molar-refractivity contribution in [1.29, 1.82) is 0 Å². The van der Waals surface area contributed by atoms with E-state index in [1.807, 2.05) is 24.3 Å². The molecule has 0 atom stereocenters. The van der Waals surface area contributed by atoms with Gasteiger partial charge < -0.3 is 9.64 Å². The molecule has 0 radical (unpaired) electrons. The van der Waals surface area contributed by atoms with Crippen LogP contribution >= 0.6 is 28.1 Å². The summed E-state index contributed by atoms with van der Waals surface area (Å²) >= 11 is 9.22. The lowest BCUT2D eigenvalue weighted by Crippen LogP contribution is -2.35. The zero-order chi connectivity index (χ0) is 16.9. The highest BCUT2D eigenvalue weighted by atomic mass is 79.9. The van der Waals surface area contributed by atoms with Gasteiger partial charge in [-0.3, -0.25) is 0 Å². The molecule has 0 aromatic heterocycles. The summed E-state index contributed by atoms with van der Waals surface area (Å²) < 4.78 is 20.2. The molecule has 0 saturated carbocycles. The van der Waals surface area contributed by atoms with E-state index >= 15 is 0 Å². The summed E-state index contributed by atoms with van der Waals surface area (Å²) in [6, 6.07) is 12.3. The van der Waals surface area contributed by atoms with Gasteiger partial charge in [-0.15, -0.1) is 0 Å². The summed E-state index contributed by atoms with van der Waals surface area (Å²) in [5.41, 5.74) is 1.71. The van der Waals surface area contributed by atoms with E-state index in [9.17, 15) is 4.39 Å². The van der Waals surface area contributed by atoms with Gasteiger partial charge in [0.1, 0.15) is 23.2 Å². The van der Waals surface area contributed by atoms with Crippen molar-refractivity contribution in [3.8, 4) is 5.75 Å². The molecule has 24 heavy (non-hydrogen) atoms. The Labute approximate surface area is 155 Å². The van der Waals surface area contributed by atoms with Crippen LogP contribution in [0.15, 0.2) is 46.9 Å². The van der Waals surface area contributed by atoms with E-state index in [0.29, 0.717) is 6.61 Å². The van der Waals surface area contributed by atoms with Crippen molar-refractivity contribution in [2.45, 2.75) is 25.9 Å². The van der Waals surface area contributed by atoms with Crippen molar-refractivity contribution in [2.24, 2.45) is 0 Å². The van der Waals surface area contributed by atoms with Gasteiger partial charge in [-0.05, 0) is 55.2 Å². The first-order valence-corrected chi connectivity index (χ1v) is 9.30. The van der Waals surface area contributed by atoms with Crippen molar-refractivity contribution < 1.29 is 9.13 Å². The van der Waals surface area contributed by atoms with Crippen LogP contribution in [0.2, 0.25) is 0 Å². The molecule has 1 fully saturated rings. The van der Waals surface area contributed by atoms with Crippen LogP contribution in [0.1, 0.15) is 30.4 Å². The molecule has 5 heteroatoms. The summed E-state index contributed by atoms with van der Waals surface area (Å²) in [5.74, 6) is 0.481. The van der Waals surface area contributed by atoms with E-state index in [-0.39, 0.29) is 5.82 Å². The molecule has 0 unspecified atom stereocenters. The number of halogens is 2. The minimum atomic E-state index is -0.254. The second-order valence-corrected chi connectivity index (χ2v) is 7.21. The van der Waals surface area contributed by atoms with Crippen LogP contribution in [0.25, 0.3) is 0 Å². The third-order valence-corrected chi connectivity index (χ3v) is 5.07. The van der Waals surface area contributed by atoms with Gasteiger partial charge >= 0.3 is 0 Å². The SMILES string of the molecule is Fc1cccc(COc2ccc(Br)cc2C(=S)N2CCCCC2)c1. The Balaban J connectivity index is 1.78. The van der Waals surface area contributed by atoms with Crippen LogP contribution < -0.4 is 4.74 Å². The number of benzene rings is 2. The third-order valence-electron chi connectivity index (χ3n) is 4.10.